The van der Waals surface area contributed by atoms with Crippen molar-refractivity contribution in [2.24, 2.45) is 0 Å². The maximum Gasteiger partial charge on any atom is 0.351 e. The molecule has 5 aromatic heterocycles. The molecule has 5 aliphatic rings. The van der Waals surface area contributed by atoms with E-state index >= 15 is 0 Å². The van der Waals surface area contributed by atoms with Crippen molar-refractivity contribution in [1.82, 2.24) is 47.8 Å². The Hall–Kier alpha value is -4.76. The third kappa shape index (κ3) is 17.4. The summed E-state index contributed by atoms with van der Waals surface area (Å²) in [7, 11) is 0. The van der Waals surface area contributed by atoms with Crippen LogP contribution in [-0.4, -0.2) is 172 Å². The number of rotatable bonds is 26. The summed E-state index contributed by atoms with van der Waals surface area (Å²) in [5.41, 5.74) is 24.4. The van der Waals surface area contributed by atoms with Crippen molar-refractivity contribution in [1.29, 1.82) is 0 Å². The zero-order valence-electron chi connectivity index (χ0n) is 47.3. The molecule has 5 aromatic rings. The molecule has 0 saturated carbocycles. The normalized spacial score (nSPS) is 30.8. The number of aliphatic hydroxyl groups excluding tert-OH is 2. The predicted octanol–water partition coefficient (Wildman–Crippen LogP) is -2.55. The van der Waals surface area contributed by atoms with Gasteiger partial charge in [-0.25, -0.2) is 24.0 Å². The van der Waals surface area contributed by atoms with E-state index in [0.29, 0.717) is 0 Å². The molecule has 10 rings (SSSR count). The molecule has 0 amide bonds. The monoisotopic (exact) mass is 1450 g/mol. The Morgan fingerprint density at radius 2 is 0.620 bits per heavy atom. The molecule has 16 N–H and O–H groups in total. The zero-order valence-corrected chi connectivity index (χ0v) is 54.2. The van der Waals surface area contributed by atoms with Crippen LogP contribution >= 0.6 is 26.9 Å². The molecule has 504 valence electrons. The van der Waals surface area contributed by atoms with Crippen LogP contribution in [0.5, 0.6) is 0 Å². The Morgan fingerprint density at radius 1 is 0.402 bits per heavy atom. The first-order valence-electron chi connectivity index (χ1n) is 27.3. The van der Waals surface area contributed by atoms with Crippen molar-refractivity contribution in [3.8, 4) is 0 Å². The Morgan fingerprint density at radius 3 is 0.870 bits per heavy atom. The van der Waals surface area contributed by atoms with Gasteiger partial charge in [0.2, 0.25) is 0 Å². The fourth-order valence-corrected chi connectivity index (χ4v) is 16.2. The smallest absolute Gasteiger partial charge is 0.351 e. The second kappa shape index (κ2) is 28.9. The highest BCUT2D eigenvalue weighted by Gasteiger charge is 2.48. The maximum absolute atomic E-state index is 13.1. The first kappa shape index (κ1) is 70.1. The Labute approximate surface area is 537 Å². The lowest BCUT2D eigenvalue weighted by molar-refractivity contribution is -0.0578. The molecule has 5 fully saturated rings. The van der Waals surface area contributed by atoms with Gasteiger partial charge in [0.15, 0.2) is 0 Å². The van der Waals surface area contributed by atoms with E-state index in [1.54, 1.807) is 0 Å². The van der Waals surface area contributed by atoms with Crippen LogP contribution in [0.25, 0.3) is 0 Å². The van der Waals surface area contributed by atoms with Gasteiger partial charge < -0.3 is 118 Å². The van der Waals surface area contributed by atoms with Gasteiger partial charge in [-0.2, -0.15) is 24.9 Å². The minimum absolute atomic E-state index is 0.0315. The Kier molecular flexibility index (Phi) is 22.0. The summed E-state index contributed by atoms with van der Waals surface area (Å²) in [6.45, 7) is -20.9. The highest BCUT2D eigenvalue weighted by Crippen LogP contribution is 2.55. The van der Waals surface area contributed by atoms with Crippen LogP contribution in [0, 0.1) is 0 Å². The minimum atomic E-state index is -4.53. The van der Waals surface area contributed by atoms with E-state index in [9.17, 15) is 53.8 Å². The first-order chi connectivity index (χ1) is 43.4. The highest BCUT2D eigenvalue weighted by atomic mass is 32.5. The highest BCUT2D eigenvalue weighted by molar-refractivity contribution is 8.08. The lowest BCUT2D eigenvalue weighted by Gasteiger charge is -2.28. The molecular weight excluding hydrogens is 1390 g/mol. The molecule has 0 aliphatic carbocycles. The lowest BCUT2D eigenvalue weighted by atomic mass is 10.2. The average molecular weight is 1450 g/mol. The predicted molar refractivity (Wildman–Crippen MR) is 330 cm³/mol. The van der Waals surface area contributed by atoms with Crippen molar-refractivity contribution >= 4 is 103 Å². The molecule has 19 unspecified atom stereocenters. The van der Waals surface area contributed by atoms with Crippen molar-refractivity contribution in [3.63, 3.8) is 0 Å². The number of hydrogen-bond donors (Lipinski definition) is 11. The van der Waals surface area contributed by atoms with Crippen LogP contribution < -0.4 is 57.1 Å². The molecule has 5 aliphatic heterocycles. The molecule has 92 heavy (non-hydrogen) atoms. The van der Waals surface area contributed by atoms with Gasteiger partial charge in [0.05, 0.1) is 63.6 Å². The van der Waals surface area contributed by atoms with Gasteiger partial charge in [-0.15, -0.1) is 0 Å². The summed E-state index contributed by atoms with van der Waals surface area (Å²) in [5.74, 6) is -0.412. The van der Waals surface area contributed by atoms with Crippen LogP contribution in [0.4, 0.5) is 29.1 Å². The van der Waals surface area contributed by atoms with Gasteiger partial charge in [0, 0.05) is 63.1 Å². The van der Waals surface area contributed by atoms with Crippen LogP contribution in [0.2, 0.25) is 0 Å². The molecule has 0 radical (unpaired) electrons. The molecule has 5 saturated heterocycles. The fourth-order valence-electron chi connectivity index (χ4n) is 10.3. The minimum Gasteiger partial charge on any atom is -0.394 e. The lowest BCUT2D eigenvalue weighted by Crippen LogP contribution is -2.32. The number of anilines is 5. The number of nitrogens with zero attached hydrogens (tertiary/aromatic N) is 10. The SMILES string of the molecule is Nc1ccn(C2CC(O)C(COP(O)(=S)OC3CC(n4ccc(N)nc4=O)OC3COP(O)(=S)OC3CC(n4ccc(N)nc4=O)OC3COP(O)(=S)OC3CC(n4ccc(N)nc4=O)OC3COP(O)(=S)OC3CC(n4ccc(N)nc4=O)OC3CO)O2)c(=O)n1. The fraction of sp³-hybridized carbons (Fsp3) is 0.556. The molecule has 10 heterocycles. The van der Waals surface area contributed by atoms with Crippen LogP contribution in [-0.2, 0) is 107 Å². The van der Waals surface area contributed by atoms with Gasteiger partial charge in [-0.1, -0.05) is 0 Å². The molecule has 47 heteroatoms. The zero-order chi connectivity index (χ0) is 66.2. The third-order valence-electron chi connectivity index (χ3n) is 14.6. The van der Waals surface area contributed by atoms with Gasteiger partial charge in [0.1, 0.15) is 90.7 Å². The van der Waals surface area contributed by atoms with E-state index in [0.717, 1.165) is 22.8 Å². The number of aliphatic hydroxyl groups is 2. The average Bonchev–Trinajstić information content (AvgIpc) is 1.69. The third-order valence-corrected chi connectivity index (χ3v) is 20.9. The second-order valence-corrected chi connectivity index (χ2v) is 32.1. The summed E-state index contributed by atoms with van der Waals surface area (Å²) < 4.78 is 82.2. The number of ether oxygens (including phenoxy) is 5. The van der Waals surface area contributed by atoms with Crippen LogP contribution in [0.1, 0.15) is 63.2 Å². The quantitative estimate of drug-likeness (QED) is 0.0254. The Balaban J connectivity index is 0.814. The van der Waals surface area contributed by atoms with Crippen molar-refractivity contribution in [2.45, 2.75) is 124 Å². The van der Waals surface area contributed by atoms with E-state index in [1.165, 1.54) is 61.3 Å². The summed E-state index contributed by atoms with van der Waals surface area (Å²) in [5, 5.41) is 20.9. The van der Waals surface area contributed by atoms with Crippen molar-refractivity contribution in [2.75, 3.05) is 61.7 Å². The van der Waals surface area contributed by atoms with E-state index in [2.05, 4.69) is 24.9 Å². The van der Waals surface area contributed by atoms with Gasteiger partial charge in [-0.05, 0) is 77.6 Å². The number of nitrogens with two attached hydrogens (primary N) is 5. The summed E-state index contributed by atoms with van der Waals surface area (Å²) in [6.07, 6.45) is -12.6. The molecule has 0 spiro atoms. The van der Waals surface area contributed by atoms with E-state index < -0.39 is 181 Å². The molecular formula is C45H61N15O24P4S4. The number of hydrogen-bond acceptors (Lipinski definition) is 34. The largest absolute Gasteiger partial charge is 0.394 e. The number of nitrogen functional groups attached to an aromatic ring is 5. The summed E-state index contributed by atoms with van der Waals surface area (Å²) in [6, 6.07) is 6.65. The van der Waals surface area contributed by atoms with E-state index in [4.69, 9.17) is 136 Å². The van der Waals surface area contributed by atoms with Crippen molar-refractivity contribution in [3.05, 3.63) is 114 Å². The van der Waals surface area contributed by atoms with Crippen LogP contribution in [0.15, 0.2) is 85.3 Å². The van der Waals surface area contributed by atoms with Gasteiger partial charge in [0.25, 0.3) is 0 Å². The summed E-state index contributed by atoms with van der Waals surface area (Å²) in [4.78, 5) is 129. The standard InChI is InChI=1S/C45H61N15O24P4S4/c46-31-1-6-56(41(63)51-31)36-11-21(62)27(77-36)17-72-85(68,89)82-23-13-38(58-8-3-33(48)53-43(58)65)79-29(23)19-74-87(70,91)84-25-15-40(60-10-5-35(50)55-45(60)67)80-30(25)20-75-88(71,92)83-24-14-39(59-9-4-34(49)54-44(59)66)78-28(24)18-73-86(69,90)81-22-12-37(76-26(22)16-61)57-7-2-32(47)52-42(57)64/h1-10,21-30,36-40,61-62H,11-20H2,(H,68,89)(H,69,90)(H,70,91)(H,71,92)(H2,46,51,63)(H2,47,52,64)(H2,48,53,65)(H2,49,54,66)(H2,50,55,67). The Bertz CT molecular complexity index is 4030. The first-order valence-corrected chi connectivity index (χ1v) is 37.7. The van der Waals surface area contributed by atoms with E-state index in [1.807, 2.05) is 0 Å². The van der Waals surface area contributed by atoms with Gasteiger partial charge >= 0.3 is 55.3 Å². The van der Waals surface area contributed by atoms with Gasteiger partial charge in [-0.3, -0.25) is 22.8 Å². The van der Waals surface area contributed by atoms with Crippen molar-refractivity contribution < 1.29 is 89.7 Å². The topological polar surface area (TPSA) is 546 Å². The van der Waals surface area contributed by atoms with Crippen LogP contribution in [0.3, 0.4) is 0 Å². The molecule has 19 atom stereocenters. The number of aromatic nitrogens is 10. The second-order valence-electron chi connectivity index (χ2n) is 20.9. The summed E-state index contributed by atoms with van der Waals surface area (Å²) >= 11 is 21.7. The maximum atomic E-state index is 13.1. The molecule has 0 bridgehead atoms. The molecule has 0 aromatic carbocycles. The van der Waals surface area contributed by atoms with E-state index in [-0.39, 0.29) is 61.2 Å². The molecule has 39 nitrogen and oxygen atoms in total.